The molecule has 0 unspecified atom stereocenters. The number of nitrogens with one attached hydrogen (secondary N) is 1. The summed E-state index contributed by atoms with van der Waals surface area (Å²) in [6.45, 7) is 0. The van der Waals surface area contributed by atoms with Gasteiger partial charge in [0.1, 0.15) is 11.5 Å². The van der Waals surface area contributed by atoms with Crippen LogP contribution in [0.25, 0.3) is 0 Å². The average Bonchev–Trinajstić information content (AvgIpc) is 2.49. The van der Waals surface area contributed by atoms with E-state index >= 15 is 0 Å². The quantitative estimate of drug-likeness (QED) is 0.931. The highest BCUT2D eigenvalue weighted by atomic mass is 79.9. The molecule has 1 heterocycles. The second kappa shape index (κ2) is 6.38. The van der Waals surface area contributed by atoms with Crippen LogP contribution < -0.4 is 14.8 Å². The van der Waals surface area contributed by atoms with E-state index in [2.05, 4.69) is 26.2 Å². The highest BCUT2D eigenvalue weighted by molar-refractivity contribution is 9.10. The molecule has 2 rings (SSSR count). The normalized spacial score (nSPS) is 9.95. The van der Waals surface area contributed by atoms with E-state index in [9.17, 15) is 4.79 Å². The fraction of sp³-hybridized carbons (Fsp3) is 0.143. The van der Waals surface area contributed by atoms with Crippen molar-refractivity contribution in [1.82, 2.24) is 4.98 Å². The Morgan fingerprint density at radius 2 is 1.80 bits per heavy atom. The summed E-state index contributed by atoms with van der Waals surface area (Å²) < 4.78 is 11.2. The number of benzene rings is 1. The summed E-state index contributed by atoms with van der Waals surface area (Å²) in [5, 5.41) is 2.79. The number of ether oxygens (including phenoxy) is 2. The highest BCUT2D eigenvalue weighted by Gasteiger charge is 2.13. The monoisotopic (exact) mass is 336 g/mol. The number of hydrogen-bond donors (Lipinski definition) is 1. The van der Waals surface area contributed by atoms with Gasteiger partial charge in [-0.15, -0.1) is 0 Å². The Hall–Kier alpha value is -2.08. The van der Waals surface area contributed by atoms with Crippen LogP contribution in [0, 0.1) is 0 Å². The van der Waals surface area contributed by atoms with E-state index in [1.54, 1.807) is 43.8 Å². The topological polar surface area (TPSA) is 60.5 Å². The summed E-state index contributed by atoms with van der Waals surface area (Å²) >= 11 is 3.37. The van der Waals surface area contributed by atoms with Gasteiger partial charge in [-0.1, -0.05) is 0 Å². The van der Waals surface area contributed by atoms with Crippen molar-refractivity contribution in [3.63, 3.8) is 0 Å². The molecule has 0 bridgehead atoms. The number of carbonyl (C=O) groups is 1. The van der Waals surface area contributed by atoms with Gasteiger partial charge in [0.05, 0.1) is 24.4 Å². The maximum absolute atomic E-state index is 12.1. The second-order valence-corrected chi connectivity index (χ2v) is 4.73. The predicted octanol–water partition coefficient (Wildman–Crippen LogP) is 3.11. The van der Waals surface area contributed by atoms with E-state index < -0.39 is 0 Å². The summed E-state index contributed by atoms with van der Waals surface area (Å²) in [7, 11) is 3.09. The molecule has 2 aromatic rings. The Bertz CT molecular complexity index is 617. The van der Waals surface area contributed by atoms with Gasteiger partial charge >= 0.3 is 0 Å². The zero-order chi connectivity index (χ0) is 14.5. The Labute approximate surface area is 125 Å². The van der Waals surface area contributed by atoms with Gasteiger partial charge in [0, 0.05) is 30.1 Å². The molecule has 1 aromatic heterocycles. The molecule has 0 aliphatic carbocycles. The first-order valence-electron chi connectivity index (χ1n) is 5.78. The van der Waals surface area contributed by atoms with E-state index in [4.69, 9.17) is 9.47 Å². The lowest BCUT2D eigenvalue weighted by molar-refractivity contribution is 0.102. The van der Waals surface area contributed by atoms with Crippen molar-refractivity contribution in [2.45, 2.75) is 0 Å². The molecule has 0 saturated carbocycles. The number of carbonyl (C=O) groups excluding carboxylic acids is 1. The van der Waals surface area contributed by atoms with Gasteiger partial charge in [-0.3, -0.25) is 9.78 Å². The van der Waals surface area contributed by atoms with Crippen LogP contribution >= 0.6 is 15.9 Å². The van der Waals surface area contributed by atoms with Crippen LogP contribution in [0.2, 0.25) is 0 Å². The van der Waals surface area contributed by atoms with Crippen LogP contribution in [0.15, 0.2) is 41.1 Å². The molecule has 1 aromatic carbocycles. The number of amides is 1. The smallest absolute Gasteiger partial charge is 0.255 e. The van der Waals surface area contributed by atoms with Crippen LogP contribution in [0.1, 0.15) is 10.4 Å². The largest absolute Gasteiger partial charge is 0.495 e. The van der Waals surface area contributed by atoms with Gasteiger partial charge in [0.15, 0.2) is 0 Å². The third kappa shape index (κ3) is 3.08. The van der Waals surface area contributed by atoms with Crippen molar-refractivity contribution < 1.29 is 14.3 Å². The van der Waals surface area contributed by atoms with Gasteiger partial charge < -0.3 is 14.8 Å². The van der Waals surface area contributed by atoms with Gasteiger partial charge in [0.25, 0.3) is 5.91 Å². The number of nitrogens with zero attached hydrogens (tertiary/aromatic N) is 1. The maximum Gasteiger partial charge on any atom is 0.255 e. The number of methoxy groups -OCH3 is 2. The van der Waals surface area contributed by atoms with Crippen LogP contribution in [-0.2, 0) is 0 Å². The molecule has 1 amide bonds. The third-order valence-corrected chi connectivity index (χ3v) is 3.28. The minimum atomic E-state index is -0.241. The third-order valence-electron chi connectivity index (χ3n) is 2.66. The number of rotatable bonds is 4. The Kier molecular flexibility index (Phi) is 4.57. The Balaban J connectivity index is 2.31. The summed E-state index contributed by atoms with van der Waals surface area (Å²) in [5.74, 6) is 0.908. The zero-order valence-electron chi connectivity index (χ0n) is 11.0. The number of hydrogen-bond acceptors (Lipinski definition) is 4. The van der Waals surface area contributed by atoms with Gasteiger partial charge in [-0.25, -0.2) is 0 Å². The minimum absolute atomic E-state index is 0.241. The predicted molar refractivity (Wildman–Crippen MR) is 79.4 cm³/mol. The number of halogens is 1. The molecule has 0 radical (unpaired) electrons. The van der Waals surface area contributed by atoms with Crippen molar-refractivity contribution in [1.29, 1.82) is 0 Å². The van der Waals surface area contributed by atoms with Crippen molar-refractivity contribution in [3.8, 4) is 11.5 Å². The molecule has 0 fully saturated rings. The average molecular weight is 337 g/mol. The minimum Gasteiger partial charge on any atom is -0.495 e. The lowest BCUT2D eigenvalue weighted by Crippen LogP contribution is -2.12. The van der Waals surface area contributed by atoms with Gasteiger partial charge in [0.2, 0.25) is 0 Å². The summed E-state index contributed by atoms with van der Waals surface area (Å²) in [5.41, 5.74) is 1.05. The molecular weight excluding hydrogens is 324 g/mol. The van der Waals surface area contributed by atoms with E-state index in [0.29, 0.717) is 22.7 Å². The molecule has 1 N–H and O–H groups in total. The van der Waals surface area contributed by atoms with Crippen molar-refractivity contribution in [3.05, 3.63) is 46.7 Å². The van der Waals surface area contributed by atoms with E-state index in [0.717, 1.165) is 4.47 Å². The van der Waals surface area contributed by atoms with Crippen LogP contribution in [0.4, 0.5) is 5.69 Å². The summed E-state index contributed by atoms with van der Waals surface area (Å²) in [6.07, 6.45) is 3.13. The fourth-order valence-corrected chi connectivity index (χ4v) is 2.14. The molecule has 104 valence electrons. The first-order valence-corrected chi connectivity index (χ1v) is 6.58. The van der Waals surface area contributed by atoms with Gasteiger partial charge in [-0.2, -0.15) is 0 Å². The summed E-state index contributed by atoms with van der Waals surface area (Å²) in [6, 6.07) is 6.71. The van der Waals surface area contributed by atoms with Crippen molar-refractivity contribution >= 4 is 27.5 Å². The fourth-order valence-electron chi connectivity index (χ4n) is 1.66. The van der Waals surface area contributed by atoms with Crippen LogP contribution in [0.5, 0.6) is 11.5 Å². The van der Waals surface area contributed by atoms with Crippen molar-refractivity contribution in [2.75, 3.05) is 19.5 Å². The first-order chi connectivity index (χ1) is 9.65. The highest BCUT2D eigenvalue weighted by Crippen LogP contribution is 2.36. The Morgan fingerprint density at radius 1 is 1.15 bits per heavy atom. The number of anilines is 1. The molecular formula is C14H13BrN2O3. The SMILES string of the molecule is COc1cc(NC(=O)c2ccncc2)c(OC)cc1Br. The molecule has 0 atom stereocenters. The maximum atomic E-state index is 12.1. The lowest BCUT2D eigenvalue weighted by Gasteiger charge is -2.13. The lowest BCUT2D eigenvalue weighted by atomic mass is 10.2. The standard InChI is InChI=1S/C14H13BrN2O3/c1-19-12-8-11(13(20-2)7-10(12)15)17-14(18)9-3-5-16-6-4-9/h3-8H,1-2H3,(H,17,18). The Morgan fingerprint density at radius 3 is 2.40 bits per heavy atom. The molecule has 0 aliphatic rings. The van der Waals surface area contributed by atoms with E-state index in [1.165, 1.54) is 7.11 Å². The molecule has 0 spiro atoms. The molecule has 0 aliphatic heterocycles. The number of pyridine rings is 1. The van der Waals surface area contributed by atoms with E-state index in [1.807, 2.05) is 0 Å². The van der Waals surface area contributed by atoms with Crippen LogP contribution in [-0.4, -0.2) is 25.1 Å². The van der Waals surface area contributed by atoms with E-state index in [-0.39, 0.29) is 5.91 Å². The first kappa shape index (κ1) is 14.3. The molecule has 20 heavy (non-hydrogen) atoms. The second-order valence-electron chi connectivity index (χ2n) is 3.88. The molecule has 5 nitrogen and oxygen atoms in total. The molecule has 6 heteroatoms. The summed E-state index contributed by atoms with van der Waals surface area (Å²) in [4.78, 5) is 16.0. The zero-order valence-corrected chi connectivity index (χ0v) is 12.6. The van der Waals surface area contributed by atoms with Crippen LogP contribution in [0.3, 0.4) is 0 Å². The molecule has 0 saturated heterocycles. The van der Waals surface area contributed by atoms with Gasteiger partial charge in [-0.05, 0) is 28.1 Å². The van der Waals surface area contributed by atoms with Crippen molar-refractivity contribution in [2.24, 2.45) is 0 Å². The number of aromatic nitrogens is 1.